The number of thiocarbonyl (C=S) groups is 1. The minimum atomic E-state index is -1.02. The number of benzene rings is 2. The highest BCUT2D eigenvalue weighted by atomic mass is 32.2. The Kier molecular flexibility index (Phi) is 6.39. The van der Waals surface area contributed by atoms with Crippen LogP contribution in [0.25, 0.3) is 6.08 Å². The summed E-state index contributed by atoms with van der Waals surface area (Å²) in [5.41, 5.74) is 3.49. The summed E-state index contributed by atoms with van der Waals surface area (Å²) in [5.74, 6) is -0.809. The molecule has 7 heteroatoms. The zero-order valence-corrected chi connectivity index (χ0v) is 18.0. The largest absolute Gasteiger partial charge is 0.479 e. The first-order valence-corrected chi connectivity index (χ1v) is 10.4. The van der Waals surface area contributed by atoms with Crippen LogP contribution in [-0.2, 0) is 9.59 Å². The van der Waals surface area contributed by atoms with Gasteiger partial charge in [0.2, 0.25) is 0 Å². The molecule has 1 atom stereocenters. The predicted molar refractivity (Wildman–Crippen MR) is 120 cm³/mol. The molecule has 0 bridgehead atoms. The van der Waals surface area contributed by atoms with Crippen molar-refractivity contribution in [2.45, 2.75) is 33.3 Å². The van der Waals surface area contributed by atoms with Gasteiger partial charge in [0.15, 0.2) is 10.4 Å². The molecule has 0 saturated carbocycles. The summed E-state index contributed by atoms with van der Waals surface area (Å²) >= 11 is 6.69. The van der Waals surface area contributed by atoms with Gasteiger partial charge in [-0.1, -0.05) is 61.2 Å². The molecule has 29 heavy (non-hydrogen) atoms. The van der Waals surface area contributed by atoms with E-state index in [1.807, 2.05) is 38.1 Å². The molecule has 2 aromatic rings. The van der Waals surface area contributed by atoms with E-state index in [0.717, 1.165) is 16.8 Å². The highest BCUT2D eigenvalue weighted by molar-refractivity contribution is 8.27. The minimum absolute atomic E-state index is 0.200. The maximum Gasteiger partial charge on any atom is 0.344 e. The number of ether oxygens (including phenoxy) is 1. The first kappa shape index (κ1) is 21.1. The fourth-order valence-electron chi connectivity index (χ4n) is 2.96. The SMILES string of the molecule is CCC(Oc1ccccc1/C=C1/SC(=S)N(c2cccc(C)c2C)C1=O)C(=O)O. The summed E-state index contributed by atoms with van der Waals surface area (Å²) in [4.78, 5) is 26.4. The van der Waals surface area contributed by atoms with Crippen LogP contribution in [0.15, 0.2) is 47.4 Å². The summed E-state index contributed by atoms with van der Waals surface area (Å²) < 4.78 is 6.13. The molecule has 1 aliphatic rings. The number of carboxylic acid groups (broad SMARTS) is 1. The van der Waals surface area contributed by atoms with E-state index < -0.39 is 12.1 Å². The van der Waals surface area contributed by atoms with Crippen molar-refractivity contribution in [1.29, 1.82) is 0 Å². The first-order chi connectivity index (χ1) is 13.8. The second-order valence-corrected chi connectivity index (χ2v) is 8.30. The summed E-state index contributed by atoms with van der Waals surface area (Å²) in [6.07, 6.45) is 1.08. The molecule has 1 saturated heterocycles. The van der Waals surface area contributed by atoms with Crippen molar-refractivity contribution in [3.05, 3.63) is 64.1 Å². The fraction of sp³-hybridized carbons (Fsp3) is 0.227. The number of amides is 1. The Labute approximate surface area is 179 Å². The van der Waals surface area contributed by atoms with Crippen molar-refractivity contribution in [3.63, 3.8) is 0 Å². The van der Waals surface area contributed by atoms with Gasteiger partial charge in [-0.15, -0.1) is 0 Å². The molecule has 1 fully saturated rings. The number of thioether (sulfide) groups is 1. The van der Waals surface area contributed by atoms with E-state index in [0.29, 0.717) is 27.0 Å². The molecule has 1 unspecified atom stereocenters. The standard InChI is InChI=1S/C22H21NO4S2/c1-4-17(21(25)26)27-18-11-6-5-9-15(18)12-19-20(24)23(22(28)29-19)16-10-7-8-13(2)14(16)3/h5-12,17H,4H2,1-3H3,(H,25,26)/b19-12+. The number of hydrogen-bond donors (Lipinski definition) is 1. The zero-order valence-electron chi connectivity index (χ0n) is 16.3. The number of para-hydroxylation sites is 1. The molecule has 1 amide bonds. The van der Waals surface area contributed by atoms with Crippen LogP contribution in [0.4, 0.5) is 5.69 Å². The normalized spacial score (nSPS) is 16.4. The lowest BCUT2D eigenvalue weighted by molar-refractivity contribution is -0.145. The molecule has 0 spiro atoms. The number of rotatable bonds is 6. The van der Waals surface area contributed by atoms with Gasteiger partial charge in [-0.25, -0.2) is 4.79 Å². The van der Waals surface area contributed by atoms with E-state index >= 15 is 0 Å². The molecule has 2 aromatic carbocycles. The lowest BCUT2D eigenvalue weighted by atomic mass is 10.1. The highest BCUT2D eigenvalue weighted by Gasteiger charge is 2.34. The van der Waals surface area contributed by atoms with Gasteiger partial charge in [0.05, 0.1) is 10.6 Å². The van der Waals surface area contributed by atoms with E-state index in [-0.39, 0.29) is 5.91 Å². The molecule has 5 nitrogen and oxygen atoms in total. The lowest BCUT2D eigenvalue weighted by Crippen LogP contribution is -2.28. The molecule has 3 rings (SSSR count). The Bertz CT molecular complexity index is 1020. The zero-order chi connectivity index (χ0) is 21.1. The van der Waals surface area contributed by atoms with Crippen molar-refractivity contribution >= 4 is 51.9 Å². The minimum Gasteiger partial charge on any atom is -0.479 e. The second-order valence-electron chi connectivity index (χ2n) is 6.63. The van der Waals surface area contributed by atoms with Crippen molar-refractivity contribution in [1.82, 2.24) is 0 Å². The number of anilines is 1. The molecule has 150 valence electrons. The van der Waals surface area contributed by atoms with Crippen LogP contribution in [0.1, 0.15) is 30.0 Å². The van der Waals surface area contributed by atoms with Crippen molar-refractivity contribution in [3.8, 4) is 5.75 Å². The highest BCUT2D eigenvalue weighted by Crippen LogP contribution is 2.38. The van der Waals surface area contributed by atoms with Gasteiger partial charge in [0.1, 0.15) is 5.75 Å². The topological polar surface area (TPSA) is 66.8 Å². The summed E-state index contributed by atoms with van der Waals surface area (Å²) in [5, 5.41) is 9.27. The van der Waals surface area contributed by atoms with Crippen LogP contribution in [0.3, 0.4) is 0 Å². The molecule has 0 radical (unpaired) electrons. The summed E-state index contributed by atoms with van der Waals surface area (Å²) in [6, 6.07) is 12.8. The molecule has 1 N–H and O–H groups in total. The molecule has 1 heterocycles. The van der Waals surface area contributed by atoms with Crippen LogP contribution in [0.2, 0.25) is 0 Å². The van der Waals surface area contributed by atoms with Crippen molar-refractivity contribution < 1.29 is 19.4 Å². The number of carboxylic acids is 1. The molecule has 0 aromatic heterocycles. The summed E-state index contributed by atoms with van der Waals surface area (Å²) in [7, 11) is 0. The average Bonchev–Trinajstić information content (AvgIpc) is 2.96. The van der Waals surface area contributed by atoms with Gasteiger partial charge in [-0.2, -0.15) is 0 Å². The van der Waals surface area contributed by atoms with Gasteiger partial charge < -0.3 is 9.84 Å². The molecular weight excluding hydrogens is 406 g/mol. The first-order valence-electron chi connectivity index (χ1n) is 9.16. The quantitative estimate of drug-likeness (QED) is 0.520. The lowest BCUT2D eigenvalue weighted by Gasteiger charge is -2.18. The summed E-state index contributed by atoms with van der Waals surface area (Å²) in [6.45, 7) is 5.70. The molecule has 0 aliphatic carbocycles. The Morgan fingerprint density at radius 1 is 1.24 bits per heavy atom. The Hall–Kier alpha value is -2.64. The number of aliphatic carboxylic acids is 1. The van der Waals surface area contributed by atoms with Crippen LogP contribution in [-0.4, -0.2) is 27.4 Å². The third-order valence-corrected chi connectivity index (χ3v) is 6.03. The smallest absolute Gasteiger partial charge is 0.344 e. The number of nitrogens with zero attached hydrogens (tertiary/aromatic N) is 1. The van der Waals surface area contributed by atoms with Crippen molar-refractivity contribution in [2.75, 3.05) is 4.90 Å². The monoisotopic (exact) mass is 427 g/mol. The average molecular weight is 428 g/mol. The number of hydrogen-bond acceptors (Lipinski definition) is 5. The third kappa shape index (κ3) is 4.36. The van der Waals surface area contributed by atoms with E-state index in [2.05, 4.69) is 0 Å². The van der Waals surface area contributed by atoms with Gasteiger partial charge >= 0.3 is 5.97 Å². The maximum atomic E-state index is 13.1. The van der Waals surface area contributed by atoms with E-state index in [1.54, 1.807) is 36.1 Å². The van der Waals surface area contributed by atoms with E-state index in [1.165, 1.54) is 11.8 Å². The van der Waals surface area contributed by atoms with Crippen LogP contribution in [0, 0.1) is 13.8 Å². The second kappa shape index (κ2) is 8.80. The van der Waals surface area contributed by atoms with Crippen LogP contribution in [0.5, 0.6) is 5.75 Å². The number of aryl methyl sites for hydroxylation is 1. The molecular formula is C22H21NO4S2. The number of carbonyl (C=O) groups excluding carboxylic acids is 1. The Morgan fingerprint density at radius 3 is 2.66 bits per heavy atom. The van der Waals surface area contributed by atoms with Crippen LogP contribution < -0.4 is 9.64 Å². The number of carbonyl (C=O) groups is 2. The van der Waals surface area contributed by atoms with Crippen LogP contribution >= 0.6 is 24.0 Å². The van der Waals surface area contributed by atoms with Gasteiger partial charge in [0, 0.05) is 5.56 Å². The fourth-order valence-corrected chi connectivity index (χ4v) is 4.24. The van der Waals surface area contributed by atoms with Crippen molar-refractivity contribution in [2.24, 2.45) is 0 Å². The predicted octanol–water partition coefficient (Wildman–Crippen LogP) is 4.95. The molecule has 1 aliphatic heterocycles. The van der Waals surface area contributed by atoms with Gasteiger partial charge in [-0.05, 0) is 49.6 Å². The maximum absolute atomic E-state index is 13.1. The van der Waals surface area contributed by atoms with Gasteiger partial charge in [0.25, 0.3) is 5.91 Å². The van der Waals surface area contributed by atoms with E-state index in [9.17, 15) is 14.7 Å². The Morgan fingerprint density at radius 2 is 1.97 bits per heavy atom. The third-order valence-electron chi connectivity index (χ3n) is 4.73. The Balaban J connectivity index is 1.95. The van der Waals surface area contributed by atoms with Gasteiger partial charge in [-0.3, -0.25) is 9.69 Å². The van der Waals surface area contributed by atoms with E-state index in [4.69, 9.17) is 17.0 Å².